The number of piperidine rings is 1. The lowest BCUT2D eigenvalue weighted by molar-refractivity contribution is 0.0576. The van der Waals surface area contributed by atoms with Crippen molar-refractivity contribution in [3.05, 3.63) is 18.0 Å². The zero-order valence-corrected chi connectivity index (χ0v) is 15.6. The van der Waals surface area contributed by atoms with Crippen LogP contribution in [0.15, 0.2) is 12.3 Å². The number of ether oxygens (including phenoxy) is 2. The van der Waals surface area contributed by atoms with Crippen molar-refractivity contribution in [2.75, 3.05) is 53.6 Å². The summed E-state index contributed by atoms with van der Waals surface area (Å²) in [6.45, 7) is 5.17. The molecule has 1 amide bonds. The van der Waals surface area contributed by atoms with Crippen molar-refractivity contribution < 1.29 is 14.3 Å². The summed E-state index contributed by atoms with van der Waals surface area (Å²) in [5, 5.41) is 4.24. The zero-order valence-electron chi connectivity index (χ0n) is 15.6. The van der Waals surface area contributed by atoms with E-state index in [1.807, 2.05) is 18.1 Å². The van der Waals surface area contributed by atoms with E-state index in [0.717, 1.165) is 58.7 Å². The van der Waals surface area contributed by atoms with Crippen LogP contribution in [0.5, 0.6) is 0 Å². The van der Waals surface area contributed by atoms with Crippen LogP contribution in [0.2, 0.25) is 0 Å². The van der Waals surface area contributed by atoms with Crippen molar-refractivity contribution in [2.45, 2.75) is 25.3 Å². The highest BCUT2D eigenvalue weighted by molar-refractivity contribution is 5.92. The standard InChI is InChI=1S/C18H30N4O3/c1-20-7-4-16(19-20)17(23)21-8-5-18(6-9-21)12-15(13-25-3)22(14-18)10-11-24-2/h4,7,15H,5-6,8-14H2,1-3H3/t15-/m0/s1. The van der Waals surface area contributed by atoms with Gasteiger partial charge in [0.2, 0.25) is 0 Å². The van der Waals surface area contributed by atoms with Gasteiger partial charge in [-0.2, -0.15) is 5.10 Å². The van der Waals surface area contributed by atoms with Gasteiger partial charge in [-0.3, -0.25) is 14.4 Å². The Morgan fingerprint density at radius 3 is 2.68 bits per heavy atom. The van der Waals surface area contributed by atoms with Crippen LogP contribution in [0, 0.1) is 5.41 Å². The monoisotopic (exact) mass is 350 g/mol. The predicted molar refractivity (Wildman–Crippen MR) is 94.5 cm³/mol. The molecule has 0 aliphatic carbocycles. The van der Waals surface area contributed by atoms with Crippen LogP contribution in [0.1, 0.15) is 29.8 Å². The highest BCUT2D eigenvalue weighted by Gasteiger charge is 2.45. The maximum absolute atomic E-state index is 12.6. The third-order valence-corrected chi connectivity index (χ3v) is 5.71. The minimum atomic E-state index is 0.0538. The molecule has 2 fully saturated rings. The molecule has 1 aromatic heterocycles. The average Bonchev–Trinajstić information content (AvgIpc) is 3.18. The normalized spacial score (nSPS) is 23.5. The van der Waals surface area contributed by atoms with Gasteiger partial charge in [0, 0.05) is 59.7 Å². The number of methoxy groups -OCH3 is 2. The molecule has 7 heteroatoms. The van der Waals surface area contributed by atoms with Crippen molar-refractivity contribution in [3.8, 4) is 0 Å². The van der Waals surface area contributed by atoms with E-state index in [-0.39, 0.29) is 5.91 Å². The molecule has 1 spiro atoms. The highest BCUT2D eigenvalue weighted by atomic mass is 16.5. The van der Waals surface area contributed by atoms with Crippen LogP contribution in [0.3, 0.4) is 0 Å². The number of nitrogens with zero attached hydrogens (tertiary/aromatic N) is 4. The molecule has 0 N–H and O–H groups in total. The van der Waals surface area contributed by atoms with Crippen molar-refractivity contribution >= 4 is 5.91 Å². The van der Waals surface area contributed by atoms with E-state index in [9.17, 15) is 4.79 Å². The van der Waals surface area contributed by atoms with Crippen LogP contribution in [-0.4, -0.2) is 85.1 Å². The predicted octanol–water partition coefficient (Wildman–Crippen LogP) is 1.01. The van der Waals surface area contributed by atoms with Gasteiger partial charge in [-0.05, 0) is 30.7 Å². The molecule has 0 radical (unpaired) electrons. The lowest BCUT2D eigenvalue weighted by Crippen LogP contribution is -2.44. The van der Waals surface area contributed by atoms with E-state index in [2.05, 4.69) is 10.00 Å². The number of hydrogen-bond donors (Lipinski definition) is 0. The van der Waals surface area contributed by atoms with Gasteiger partial charge < -0.3 is 14.4 Å². The first-order valence-corrected chi connectivity index (χ1v) is 9.08. The zero-order chi connectivity index (χ0) is 17.9. The van der Waals surface area contributed by atoms with Gasteiger partial charge >= 0.3 is 0 Å². The molecule has 0 aromatic carbocycles. The first-order valence-electron chi connectivity index (χ1n) is 9.08. The van der Waals surface area contributed by atoms with E-state index in [4.69, 9.17) is 9.47 Å². The Morgan fingerprint density at radius 1 is 1.32 bits per heavy atom. The molecule has 3 rings (SSSR count). The fourth-order valence-corrected chi connectivity index (χ4v) is 4.32. The Morgan fingerprint density at radius 2 is 2.08 bits per heavy atom. The topological polar surface area (TPSA) is 59.8 Å². The first-order chi connectivity index (χ1) is 12.1. The molecular weight excluding hydrogens is 320 g/mol. The smallest absolute Gasteiger partial charge is 0.274 e. The fraction of sp³-hybridized carbons (Fsp3) is 0.778. The number of likely N-dealkylation sites (tertiary alicyclic amines) is 2. The maximum atomic E-state index is 12.6. The average molecular weight is 350 g/mol. The van der Waals surface area contributed by atoms with Crippen molar-refractivity contribution in [2.24, 2.45) is 12.5 Å². The molecular formula is C18H30N4O3. The number of aromatic nitrogens is 2. The van der Waals surface area contributed by atoms with Crippen LogP contribution >= 0.6 is 0 Å². The van der Waals surface area contributed by atoms with Crippen LogP contribution < -0.4 is 0 Å². The molecule has 2 saturated heterocycles. The Balaban J connectivity index is 1.59. The van der Waals surface area contributed by atoms with E-state index in [1.54, 1.807) is 25.0 Å². The molecule has 1 aromatic rings. The Labute approximate surface area is 149 Å². The number of amides is 1. The van der Waals surface area contributed by atoms with Crippen LogP contribution in [-0.2, 0) is 16.5 Å². The quantitative estimate of drug-likeness (QED) is 0.766. The van der Waals surface area contributed by atoms with Gasteiger partial charge in [-0.25, -0.2) is 0 Å². The van der Waals surface area contributed by atoms with Gasteiger partial charge in [0.05, 0.1) is 13.2 Å². The molecule has 0 saturated carbocycles. The molecule has 0 unspecified atom stereocenters. The summed E-state index contributed by atoms with van der Waals surface area (Å²) in [4.78, 5) is 17.1. The molecule has 7 nitrogen and oxygen atoms in total. The molecule has 2 aliphatic heterocycles. The van der Waals surface area contributed by atoms with Crippen LogP contribution in [0.4, 0.5) is 0 Å². The van der Waals surface area contributed by atoms with E-state index < -0.39 is 0 Å². The minimum Gasteiger partial charge on any atom is -0.383 e. The summed E-state index contributed by atoms with van der Waals surface area (Å²) in [7, 11) is 5.36. The largest absolute Gasteiger partial charge is 0.383 e. The molecule has 0 bridgehead atoms. The summed E-state index contributed by atoms with van der Waals surface area (Å²) in [5.74, 6) is 0.0538. The van der Waals surface area contributed by atoms with Gasteiger partial charge in [0.25, 0.3) is 5.91 Å². The number of carbonyl (C=O) groups excluding carboxylic acids is 1. The number of hydrogen-bond acceptors (Lipinski definition) is 5. The van der Waals surface area contributed by atoms with E-state index in [1.165, 1.54) is 0 Å². The second kappa shape index (κ2) is 7.85. The summed E-state index contributed by atoms with van der Waals surface area (Å²) >= 11 is 0. The first kappa shape index (κ1) is 18.4. The SMILES string of the molecule is COCCN1CC2(CCN(C(=O)c3ccn(C)n3)CC2)C[C@H]1COC. The summed E-state index contributed by atoms with van der Waals surface area (Å²) in [6, 6.07) is 2.25. The number of rotatable bonds is 6. The van der Waals surface area contributed by atoms with Crippen molar-refractivity contribution in [1.29, 1.82) is 0 Å². The minimum absolute atomic E-state index is 0.0538. The fourth-order valence-electron chi connectivity index (χ4n) is 4.32. The van der Waals surface area contributed by atoms with Crippen molar-refractivity contribution in [3.63, 3.8) is 0 Å². The highest BCUT2D eigenvalue weighted by Crippen LogP contribution is 2.43. The maximum Gasteiger partial charge on any atom is 0.274 e. The van der Waals surface area contributed by atoms with E-state index >= 15 is 0 Å². The summed E-state index contributed by atoms with van der Waals surface area (Å²) < 4.78 is 12.4. The Hall–Kier alpha value is -1.44. The number of carbonyl (C=O) groups is 1. The molecule has 1 atom stereocenters. The lowest BCUT2D eigenvalue weighted by atomic mass is 9.76. The molecule has 3 heterocycles. The third kappa shape index (κ3) is 4.04. The molecule has 2 aliphatic rings. The third-order valence-electron chi connectivity index (χ3n) is 5.71. The number of aryl methyl sites for hydroxylation is 1. The van der Waals surface area contributed by atoms with Crippen LogP contribution in [0.25, 0.3) is 0 Å². The summed E-state index contributed by atoms with van der Waals surface area (Å²) in [5.41, 5.74) is 0.849. The second-order valence-corrected chi connectivity index (χ2v) is 7.44. The van der Waals surface area contributed by atoms with Gasteiger partial charge in [-0.1, -0.05) is 0 Å². The van der Waals surface area contributed by atoms with Gasteiger partial charge in [0.1, 0.15) is 5.69 Å². The van der Waals surface area contributed by atoms with Gasteiger partial charge in [0.15, 0.2) is 0 Å². The summed E-state index contributed by atoms with van der Waals surface area (Å²) in [6.07, 6.45) is 5.07. The Bertz CT molecular complexity index is 581. The Kier molecular flexibility index (Phi) is 5.76. The second-order valence-electron chi connectivity index (χ2n) is 7.44. The van der Waals surface area contributed by atoms with Crippen molar-refractivity contribution in [1.82, 2.24) is 19.6 Å². The molecule has 140 valence electrons. The molecule has 25 heavy (non-hydrogen) atoms. The lowest BCUT2D eigenvalue weighted by Gasteiger charge is -2.39. The van der Waals surface area contributed by atoms with Gasteiger partial charge in [-0.15, -0.1) is 0 Å². The van der Waals surface area contributed by atoms with E-state index in [0.29, 0.717) is 17.2 Å².